The Morgan fingerprint density at radius 2 is 1.64 bits per heavy atom. The van der Waals surface area contributed by atoms with Crippen LogP contribution in [0.4, 0.5) is 10.1 Å². The number of carbonyl (C=O) groups is 3. The highest BCUT2D eigenvalue weighted by Gasteiger charge is 2.24. The van der Waals surface area contributed by atoms with Crippen molar-refractivity contribution in [3.8, 4) is 16.9 Å². The number of anilines is 1. The molecule has 0 saturated heterocycles. The number of halogens is 4. The zero-order valence-electron chi connectivity index (χ0n) is 20.4. The fourth-order valence-corrected chi connectivity index (χ4v) is 4.46. The molecule has 3 amide bonds. The summed E-state index contributed by atoms with van der Waals surface area (Å²) >= 11 is 18.6. The molecule has 1 heterocycles. The summed E-state index contributed by atoms with van der Waals surface area (Å²) in [7, 11) is 0. The topological polar surface area (TPSA) is 119 Å². The van der Waals surface area contributed by atoms with Crippen LogP contribution in [0.15, 0.2) is 60.7 Å². The largest absolute Gasteiger partial charge is 0.370 e. The van der Waals surface area contributed by atoms with Gasteiger partial charge in [0.25, 0.3) is 11.8 Å². The Labute approximate surface area is 237 Å². The first kappa shape index (κ1) is 28.1. The Balaban J connectivity index is 1.66. The van der Waals surface area contributed by atoms with E-state index < -0.39 is 23.5 Å². The van der Waals surface area contributed by atoms with Crippen molar-refractivity contribution in [1.82, 2.24) is 15.1 Å². The van der Waals surface area contributed by atoms with Crippen LogP contribution in [0.1, 0.15) is 32.8 Å². The Morgan fingerprint density at radius 3 is 2.28 bits per heavy atom. The summed E-state index contributed by atoms with van der Waals surface area (Å²) in [5.74, 6) is -2.77. The molecule has 0 fully saturated rings. The maximum Gasteiger partial charge on any atom is 0.276 e. The molecule has 0 aliphatic rings. The zero-order chi connectivity index (χ0) is 28.3. The zero-order valence-corrected chi connectivity index (χ0v) is 22.7. The van der Waals surface area contributed by atoms with Gasteiger partial charge in [0.2, 0.25) is 5.91 Å². The molecule has 0 aliphatic heterocycles. The molecule has 0 unspecified atom stereocenters. The highest BCUT2D eigenvalue weighted by molar-refractivity contribution is 6.35. The average molecular weight is 589 g/mol. The lowest BCUT2D eigenvalue weighted by molar-refractivity contribution is -0.117. The number of benzene rings is 3. The monoisotopic (exact) mass is 587 g/mol. The van der Waals surface area contributed by atoms with E-state index >= 15 is 0 Å². The molecule has 4 N–H and O–H groups in total. The summed E-state index contributed by atoms with van der Waals surface area (Å²) in [6.45, 7) is 1.70. The van der Waals surface area contributed by atoms with Gasteiger partial charge in [0.15, 0.2) is 5.69 Å². The Morgan fingerprint density at radius 1 is 0.949 bits per heavy atom. The van der Waals surface area contributed by atoms with Crippen molar-refractivity contribution in [2.75, 3.05) is 11.9 Å². The second-order valence-electron chi connectivity index (χ2n) is 8.46. The Hall–Kier alpha value is -3.92. The van der Waals surface area contributed by atoms with Crippen molar-refractivity contribution >= 4 is 58.2 Å². The maximum absolute atomic E-state index is 14.7. The van der Waals surface area contributed by atoms with Crippen LogP contribution in [0.5, 0.6) is 0 Å². The molecule has 0 atom stereocenters. The number of carbonyl (C=O) groups excluding carboxylic acids is 3. The first-order valence-corrected chi connectivity index (χ1v) is 12.7. The van der Waals surface area contributed by atoms with Gasteiger partial charge >= 0.3 is 0 Å². The van der Waals surface area contributed by atoms with E-state index in [1.807, 2.05) is 0 Å². The number of aromatic nitrogens is 2. The third-order valence-corrected chi connectivity index (χ3v) is 6.51. The van der Waals surface area contributed by atoms with E-state index in [-0.39, 0.29) is 29.9 Å². The van der Waals surface area contributed by atoms with Crippen molar-refractivity contribution in [2.45, 2.75) is 13.3 Å². The predicted octanol–water partition coefficient (Wildman–Crippen LogP) is 5.80. The van der Waals surface area contributed by atoms with Crippen molar-refractivity contribution in [2.24, 2.45) is 5.73 Å². The molecule has 0 bridgehead atoms. The van der Waals surface area contributed by atoms with E-state index in [1.54, 1.807) is 49.4 Å². The molecule has 200 valence electrons. The van der Waals surface area contributed by atoms with Gasteiger partial charge in [0.05, 0.1) is 22.0 Å². The van der Waals surface area contributed by atoms with Gasteiger partial charge in [-0.15, -0.1) is 0 Å². The quantitative estimate of drug-likeness (QED) is 0.241. The second-order valence-corrected chi connectivity index (χ2v) is 9.74. The summed E-state index contributed by atoms with van der Waals surface area (Å²) in [5, 5.41) is 10.8. The number of primary amides is 1. The minimum absolute atomic E-state index is 0.0262. The van der Waals surface area contributed by atoms with Gasteiger partial charge in [-0.25, -0.2) is 9.07 Å². The standard InChI is InChI=1S/C27H21Cl3FN5O3/c1-14-24(27(39)34-18-7-8-19(21(31)13-18)26(38)33-11-10-23(32)37)35-36(22-9-6-17(29)12-20(22)30)25(14)15-2-4-16(28)5-3-15/h2-9,12-13H,10-11H2,1H3,(H2,32,37)(H,33,38)(H,34,39). The van der Waals surface area contributed by atoms with Crippen LogP contribution in [0.25, 0.3) is 16.9 Å². The SMILES string of the molecule is Cc1c(C(=O)Nc2ccc(C(=O)NCCC(N)=O)c(F)c2)nn(-c2ccc(Cl)cc2Cl)c1-c1ccc(Cl)cc1. The summed E-state index contributed by atoms with van der Waals surface area (Å²) < 4.78 is 16.2. The summed E-state index contributed by atoms with van der Waals surface area (Å²) in [6, 6.07) is 15.5. The van der Waals surface area contributed by atoms with E-state index in [2.05, 4.69) is 15.7 Å². The van der Waals surface area contributed by atoms with Crippen molar-refractivity contribution in [1.29, 1.82) is 0 Å². The van der Waals surface area contributed by atoms with Gasteiger partial charge in [-0.05, 0) is 55.5 Å². The summed E-state index contributed by atoms with van der Waals surface area (Å²) in [5.41, 5.74) is 7.32. The van der Waals surface area contributed by atoms with Crippen molar-refractivity contribution < 1.29 is 18.8 Å². The number of nitrogens with one attached hydrogen (secondary N) is 2. The van der Waals surface area contributed by atoms with E-state index in [1.165, 1.54) is 16.8 Å². The molecule has 12 heteroatoms. The number of nitrogens with zero attached hydrogens (tertiary/aromatic N) is 2. The van der Waals surface area contributed by atoms with Gasteiger partial charge in [-0.3, -0.25) is 14.4 Å². The third-order valence-electron chi connectivity index (χ3n) is 5.72. The van der Waals surface area contributed by atoms with Gasteiger partial charge in [-0.1, -0.05) is 46.9 Å². The first-order chi connectivity index (χ1) is 18.5. The fourth-order valence-electron chi connectivity index (χ4n) is 3.85. The number of amides is 3. The molecular weight excluding hydrogens is 568 g/mol. The molecule has 0 saturated carbocycles. The van der Waals surface area contributed by atoms with Gasteiger partial charge in [0.1, 0.15) is 5.82 Å². The minimum Gasteiger partial charge on any atom is -0.370 e. The molecule has 0 spiro atoms. The van der Waals surface area contributed by atoms with Crippen molar-refractivity contribution in [3.05, 3.63) is 98.4 Å². The summed E-state index contributed by atoms with van der Waals surface area (Å²) in [6.07, 6.45) is -0.0766. The average Bonchev–Trinajstić information content (AvgIpc) is 3.21. The third kappa shape index (κ3) is 6.39. The van der Waals surface area contributed by atoms with E-state index in [0.717, 1.165) is 11.6 Å². The van der Waals surface area contributed by atoms with Gasteiger partial charge in [0, 0.05) is 39.8 Å². The number of hydrogen-bond donors (Lipinski definition) is 3. The lowest BCUT2D eigenvalue weighted by Gasteiger charge is -2.11. The highest BCUT2D eigenvalue weighted by atomic mass is 35.5. The molecular formula is C27H21Cl3FN5O3. The van der Waals surface area contributed by atoms with Crippen LogP contribution in [-0.4, -0.2) is 34.0 Å². The van der Waals surface area contributed by atoms with Gasteiger partial charge < -0.3 is 16.4 Å². The predicted molar refractivity (Wildman–Crippen MR) is 149 cm³/mol. The summed E-state index contributed by atoms with van der Waals surface area (Å²) in [4.78, 5) is 36.3. The molecule has 1 aromatic heterocycles. The Bertz CT molecular complexity index is 1590. The number of hydrogen-bond acceptors (Lipinski definition) is 4. The molecule has 8 nitrogen and oxygen atoms in total. The normalized spacial score (nSPS) is 10.8. The van der Waals surface area contributed by atoms with E-state index in [0.29, 0.717) is 32.0 Å². The van der Waals surface area contributed by atoms with E-state index in [9.17, 15) is 18.8 Å². The Kier molecular flexibility index (Phi) is 8.54. The molecule has 0 radical (unpaired) electrons. The second kappa shape index (κ2) is 11.9. The number of rotatable bonds is 8. The molecule has 4 rings (SSSR count). The van der Waals surface area contributed by atoms with E-state index in [4.69, 9.17) is 40.5 Å². The first-order valence-electron chi connectivity index (χ1n) is 11.5. The highest BCUT2D eigenvalue weighted by Crippen LogP contribution is 2.33. The maximum atomic E-state index is 14.7. The molecule has 3 aromatic carbocycles. The smallest absolute Gasteiger partial charge is 0.276 e. The lowest BCUT2D eigenvalue weighted by Crippen LogP contribution is -2.28. The van der Waals surface area contributed by atoms with Crippen LogP contribution in [0, 0.1) is 12.7 Å². The van der Waals surface area contributed by atoms with Crippen LogP contribution < -0.4 is 16.4 Å². The molecule has 4 aromatic rings. The number of nitrogens with two attached hydrogens (primary N) is 1. The van der Waals surface area contributed by atoms with Crippen LogP contribution in [0.2, 0.25) is 15.1 Å². The molecule has 39 heavy (non-hydrogen) atoms. The van der Waals surface area contributed by atoms with Crippen LogP contribution in [-0.2, 0) is 4.79 Å². The van der Waals surface area contributed by atoms with Crippen molar-refractivity contribution in [3.63, 3.8) is 0 Å². The molecule has 0 aliphatic carbocycles. The van der Waals surface area contributed by atoms with Crippen LogP contribution >= 0.6 is 34.8 Å². The lowest BCUT2D eigenvalue weighted by atomic mass is 10.1. The fraction of sp³-hybridized carbons (Fsp3) is 0.111. The van der Waals surface area contributed by atoms with Gasteiger partial charge in [-0.2, -0.15) is 5.10 Å². The van der Waals surface area contributed by atoms with Crippen LogP contribution in [0.3, 0.4) is 0 Å². The minimum atomic E-state index is -0.860.